The van der Waals surface area contributed by atoms with Crippen molar-refractivity contribution in [1.29, 1.82) is 0 Å². The highest BCUT2D eigenvalue weighted by atomic mass is 35.5. The van der Waals surface area contributed by atoms with Crippen LogP contribution in [0.1, 0.15) is 39.2 Å². The van der Waals surface area contributed by atoms with Gasteiger partial charge in [0.15, 0.2) is 0 Å². The monoisotopic (exact) mass is 284 g/mol. The standard InChI is InChI=1S/C15H24N2O.ClH/c1-15(2,3)10-9-14(18)17-13-7-5-12(6-8-13)11-16-4;/h5-8,16H,9-11H2,1-4H3,(H,17,18);1H. The van der Waals surface area contributed by atoms with E-state index in [9.17, 15) is 4.79 Å². The van der Waals surface area contributed by atoms with Crippen molar-refractivity contribution < 1.29 is 4.79 Å². The van der Waals surface area contributed by atoms with Crippen molar-refractivity contribution in [3.8, 4) is 0 Å². The fourth-order valence-electron chi connectivity index (χ4n) is 1.62. The molecular weight excluding hydrogens is 260 g/mol. The molecule has 1 aromatic rings. The molecule has 0 aliphatic rings. The van der Waals surface area contributed by atoms with E-state index in [1.54, 1.807) is 0 Å². The van der Waals surface area contributed by atoms with E-state index in [1.807, 2.05) is 31.3 Å². The molecule has 2 N–H and O–H groups in total. The molecule has 3 nitrogen and oxygen atoms in total. The summed E-state index contributed by atoms with van der Waals surface area (Å²) in [6.07, 6.45) is 1.47. The number of hydrogen-bond acceptors (Lipinski definition) is 2. The Balaban J connectivity index is 0.00000324. The number of hydrogen-bond donors (Lipinski definition) is 2. The van der Waals surface area contributed by atoms with Gasteiger partial charge in [0.25, 0.3) is 0 Å². The molecule has 4 heteroatoms. The number of anilines is 1. The first-order chi connectivity index (χ1) is 8.40. The van der Waals surface area contributed by atoms with Crippen LogP contribution in [-0.2, 0) is 11.3 Å². The van der Waals surface area contributed by atoms with Gasteiger partial charge in [-0.15, -0.1) is 12.4 Å². The molecule has 0 bridgehead atoms. The maximum absolute atomic E-state index is 11.7. The maximum atomic E-state index is 11.7. The lowest BCUT2D eigenvalue weighted by molar-refractivity contribution is -0.116. The summed E-state index contributed by atoms with van der Waals surface area (Å²) in [6, 6.07) is 7.94. The van der Waals surface area contributed by atoms with Crippen LogP contribution in [0.3, 0.4) is 0 Å². The second-order valence-electron chi connectivity index (χ2n) is 5.84. The van der Waals surface area contributed by atoms with Crippen molar-refractivity contribution in [2.45, 2.75) is 40.2 Å². The molecule has 0 aliphatic heterocycles. The van der Waals surface area contributed by atoms with Gasteiger partial charge in [0.2, 0.25) is 5.91 Å². The molecule has 0 aromatic heterocycles. The maximum Gasteiger partial charge on any atom is 0.224 e. The molecule has 1 rings (SSSR count). The molecule has 0 heterocycles. The Labute approximate surface area is 122 Å². The van der Waals surface area contributed by atoms with E-state index in [2.05, 4.69) is 31.4 Å². The van der Waals surface area contributed by atoms with Crippen LogP contribution in [0.25, 0.3) is 0 Å². The van der Waals surface area contributed by atoms with Crippen LogP contribution in [-0.4, -0.2) is 13.0 Å². The molecule has 1 amide bonds. The van der Waals surface area contributed by atoms with Crippen molar-refractivity contribution in [3.63, 3.8) is 0 Å². The number of amides is 1. The zero-order valence-corrected chi connectivity index (χ0v) is 13.1. The third-order valence-electron chi connectivity index (χ3n) is 2.72. The van der Waals surface area contributed by atoms with Gasteiger partial charge in [-0.25, -0.2) is 0 Å². The number of nitrogens with one attached hydrogen (secondary N) is 2. The number of benzene rings is 1. The van der Waals surface area contributed by atoms with Crippen LogP contribution in [0.4, 0.5) is 5.69 Å². The fourth-order valence-corrected chi connectivity index (χ4v) is 1.62. The third-order valence-corrected chi connectivity index (χ3v) is 2.72. The van der Waals surface area contributed by atoms with Crippen LogP contribution in [0.15, 0.2) is 24.3 Å². The fraction of sp³-hybridized carbons (Fsp3) is 0.533. The van der Waals surface area contributed by atoms with Crippen LogP contribution in [0.2, 0.25) is 0 Å². The average molecular weight is 285 g/mol. The van der Waals surface area contributed by atoms with Crippen LogP contribution >= 0.6 is 12.4 Å². The zero-order valence-electron chi connectivity index (χ0n) is 12.2. The summed E-state index contributed by atoms with van der Waals surface area (Å²) in [7, 11) is 1.92. The van der Waals surface area contributed by atoms with Gasteiger partial charge in [0, 0.05) is 18.7 Å². The SMILES string of the molecule is CNCc1ccc(NC(=O)CCC(C)(C)C)cc1.Cl. The van der Waals surface area contributed by atoms with Gasteiger partial charge < -0.3 is 10.6 Å². The highest BCUT2D eigenvalue weighted by molar-refractivity contribution is 5.90. The van der Waals surface area contributed by atoms with E-state index in [1.165, 1.54) is 5.56 Å². The lowest BCUT2D eigenvalue weighted by atomic mass is 9.90. The molecule has 0 atom stereocenters. The number of carbonyl (C=O) groups is 1. The summed E-state index contributed by atoms with van der Waals surface area (Å²) >= 11 is 0. The highest BCUT2D eigenvalue weighted by Crippen LogP contribution is 2.21. The predicted octanol–water partition coefficient (Wildman–Crippen LogP) is 3.59. The Bertz CT molecular complexity index is 382. The van der Waals surface area contributed by atoms with Gasteiger partial charge in [-0.2, -0.15) is 0 Å². The van der Waals surface area contributed by atoms with Gasteiger partial charge in [-0.05, 0) is 36.6 Å². The third kappa shape index (κ3) is 7.85. The number of halogens is 1. The Morgan fingerprint density at radius 2 is 1.74 bits per heavy atom. The van der Waals surface area contributed by atoms with E-state index in [4.69, 9.17) is 0 Å². The Kier molecular flexibility index (Phi) is 7.72. The van der Waals surface area contributed by atoms with Crippen molar-refractivity contribution in [3.05, 3.63) is 29.8 Å². The van der Waals surface area contributed by atoms with Crippen LogP contribution < -0.4 is 10.6 Å². The van der Waals surface area contributed by atoms with Gasteiger partial charge in [-0.3, -0.25) is 4.79 Å². The Morgan fingerprint density at radius 1 is 1.16 bits per heavy atom. The highest BCUT2D eigenvalue weighted by Gasteiger charge is 2.12. The molecule has 0 radical (unpaired) electrons. The first-order valence-corrected chi connectivity index (χ1v) is 6.44. The summed E-state index contributed by atoms with van der Waals surface area (Å²) in [5.74, 6) is 0.0892. The van der Waals surface area contributed by atoms with Crippen molar-refractivity contribution in [2.24, 2.45) is 5.41 Å². The first-order valence-electron chi connectivity index (χ1n) is 6.44. The minimum atomic E-state index is 0. The topological polar surface area (TPSA) is 41.1 Å². The smallest absolute Gasteiger partial charge is 0.224 e. The second-order valence-corrected chi connectivity index (χ2v) is 5.84. The first kappa shape index (κ1) is 17.9. The molecule has 0 saturated heterocycles. The zero-order chi connectivity index (χ0) is 13.6. The summed E-state index contributed by atoms with van der Waals surface area (Å²) < 4.78 is 0. The van der Waals surface area contributed by atoms with Crippen molar-refractivity contribution >= 4 is 24.0 Å². The van der Waals surface area contributed by atoms with E-state index < -0.39 is 0 Å². The quantitative estimate of drug-likeness (QED) is 0.867. The molecule has 0 spiro atoms. The molecule has 0 aliphatic carbocycles. The molecule has 0 saturated carbocycles. The Morgan fingerprint density at radius 3 is 2.21 bits per heavy atom. The molecule has 0 fully saturated rings. The minimum absolute atomic E-state index is 0. The number of rotatable bonds is 5. The lowest BCUT2D eigenvalue weighted by Crippen LogP contribution is -2.15. The molecule has 108 valence electrons. The minimum Gasteiger partial charge on any atom is -0.326 e. The van der Waals surface area contributed by atoms with Gasteiger partial charge in [0.1, 0.15) is 0 Å². The summed E-state index contributed by atoms with van der Waals surface area (Å²) in [6.45, 7) is 7.28. The van der Waals surface area contributed by atoms with Crippen molar-refractivity contribution in [1.82, 2.24) is 5.32 Å². The van der Waals surface area contributed by atoms with Gasteiger partial charge in [0.05, 0.1) is 0 Å². The van der Waals surface area contributed by atoms with Gasteiger partial charge in [-0.1, -0.05) is 32.9 Å². The molecule has 1 aromatic carbocycles. The van der Waals surface area contributed by atoms with E-state index in [0.29, 0.717) is 6.42 Å². The normalized spacial score (nSPS) is 10.7. The van der Waals surface area contributed by atoms with Crippen LogP contribution in [0.5, 0.6) is 0 Å². The average Bonchev–Trinajstić information content (AvgIpc) is 2.29. The number of carbonyl (C=O) groups excluding carboxylic acids is 1. The van der Waals surface area contributed by atoms with E-state index >= 15 is 0 Å². The summed E-state index contributed by atoms with van der Waals surface area (Å²) in [5, 5.41) is 6.02. The summed E-state index contributed by atoms with van der Waals surface area (Å²) in [4.78, 5) is 11.7. The van der Waals surface area contributed by atoms with Crippen LogP contribution in [0, 0.1) is 5.41 Å². The molecule has 19 heavy (non-hydrogen) atoms. The van der Waals surface area contributed by atoms with Gasteiger partial charge >= 0.3 is 0 Å². The largest absolute Gasteiger partial charge is 0.326 e. The molecule has 0 unspecified atom stereocenters. The summed E-state index contributed by atoms with van der Waals surface area (Å²) in [5.41, 5.74) is 2.28. The van der Waals surface area contributed by atoms with E-state index in [-0.39, 0.29) is 23.7 Å². The predicted molar refractivity (Wildman–Crippen MR) is 83.8 cm³/mol. The Hall–Kier alpha value is -1.06. The second kappa shape index (κ2) is 8.18. The molecular formula is C15H25ClN2O. The van der Waals surface area contributed by atoms with E-state index in [0.717, 1.165) is 18.7 Å². The lowest BCUT2D eigenvalue weighted by Gasteiger charge is -2.17. The van der Waals surface area contributed by atoms with Crippen molar-refractivity contribution in [2.75, 3.05) is 12.4 Å².